The highest BCUT2D eigenvalue weighted by Crippen LogP contribution is 2.29. The normalized spacial score (nSPS) is 10.9. The zero-order valence-corrected chi connectivity index (χ0v) is 8.93. The Kier molecular flexibility index (Phi) is 4.39. The third-order valence-electron chi connectivity index (χ3n) is 1.91. The summed E-state index contributed by atoms with van der Waals surface area (Å²) in [5.41, 5.74) is 0.689. The van der Waals surface area contributed by atoms with Crippen LogP contribution in [0.5, 0.6) is 11.5 Å². The molecule has 0 aliphatic carbocycles. The molecule has 0 spiro atoms. The van der Waals surface area contributed by atoms with E-state index in [2.05, 4.69) is 0 Å². The number of phenols is 2. The summed E-state index contributed by atoms with van der Waals surface area (Å²) >= 11 is 0. The molecule has 4 nitrogen and oxygen atoms in total. The molecule has 1 aromatic rings. The fraction of sp³-hybridized carbons (Fsp3) is 0.455. The Labute approximate surface area is 89.1 Å². The number of phenolic OH excluding ortho intramolecular Hbond substituents is 2. The summed E-state index contributed by atoms with van der Waals surface area (Å²) in [6, 6.07) is 4.51. The minimum absolute atomic E-state index is 0.148. The van der Waals surface area contributed by atoms with Gasteiger partial charge in [-0.3, -0.25) is 0 Å². The molecular weight excluding hydrogens is 196 g/mol. The Balaban J connectivity index is 2.85. The van der Waals surface area contributed by atoms with Gasteiger partial charge in [-0.2, -0.15) is 0 Å². The van der Waals surface area contributed by atoms with Gasteiger partial charge in [0.05, 0.1) is 0 Å². The fourth-order valence-corrected chi connectivity index (χ4v) is 1.23. The quantitative estimate of drug-likeness (QED) is 0.580. The summed E-state index contributed by atoms with van der Waals surface area (Å²) in [5.74, 6) is -0.317. The second-order valence-corrected chi connectivity index (χ2v) is 2.99. The number of ether oxygens (including phenoxy) is 2. The second kappa shape index (κ2) is 5.58. The van der Waals surface area contributed by atoms with E-state index in [1.807, 2.05) is 13.8 Å². The first-order valence-electron chi connectivity index (χ1n) is 4.94. The molecule has 4 heteroatoms. The van der Waals surface area contributed by atoms with E-state index in [1.54, 1.807) is 6.07 Å². The van der Waals surface area contributed by atoms with E-state index in [4.69, 9.17) is 14.6 Å². The first-order chi connectivity index (χ1) is 7.19. The van der Waals surface area contributed by atoms with Crippen LogP contribution in [0, 0.1) is 0 Å². The van der Waals surface area contributed by atoms with E-state index in [9.17, 15) is 5.11 Å². The van der Waals surface area contributed by atoms with Crippen molar-refractivity contribution in [2.75, 3.05) is 13.2 Å². The Morgan fingerprint density at radius 2 is 1.67 bits per heavy atom. The fourth-order valence-electron chi connectivity index (χ4n) is 1.23. The molecule has 0 aromatic heterocycles. The van der Waals surface area contributed by atoms with Crippen molar-refractivity contribution >= 4 is 0 Å². The topological polar surface area (TPSA) is 58.9 Å². The molecule has 84 valence electrons. The lowest BCUT2D eigenvalue weighted by Crippen LogP contribution is -2.08. The van der Waals surface area contributed by atoms with Gasteiger partial charge in [-0.05, 0) is 26.0 Å². The van der Waals surface area contributed by atoms with E-state index in [0.717, 1.165) is 0 Å². The maximum Gasteiger partial charge on any atom is 0.183 e. The van der Waals surface area contributed by atoms with Crippen LogP contribution in [0.2, 0.25) is 0 Å². The number of rotatable bonds is 5. The molecule has 0 aliphatic rings. The van der Waals surface area contributed by atoms with Gasteiger partial charge in [0, 0.05) is 18.8 Å². The highest BCUT2D eigenvalue weighted by molar-refractivity contribution is 5.40. The average molecular weight is 212 g/mol. The molecule has 0 unspecified atom stereocenters. The molecule has 0 aliphatic heterocycles. The summed E-state index contributed by atoms with van der Waals surface area (Å²) < 4.78 is 10.7. The van der Waals surface area contributed by atoms with Gasteiger partial charge in [0.2, 0.25) is 0 Å². The number of benzene rings is 1. The van der Waals surface area contributed by atoms with Crippen molar-refractivity contribution in [1.82, 2.24) is 0 Å². The lowest BCUT2D eigenvalue weighted by molar-refractivity contribution is -0.140. The molecule has 0 saturated heterocycles. The summed E-state index contributed by atoms with van der Waals surface area (Å²) in [5, 5.41) is 18.5. The zero-order valence-electron chi connectivity index (χ0n) is 8.93. The van der Waals surface area contributed by atoms with E-state index >= 15 is 0 Å². The first kappa shape index (κ1) is 11.8. The standard InChI is InChI=1S/C11H16O4/c1-3-14-11(15-4-2)8-5-6-9(12)10(13)7-8/h5-7,11-13H,3-4H2,1-2H3. The third-order valence-corrected chi connectivity index (χ3v) is 1.91. The zero-order chi connectivity index (χ0) is 11.3. The van der Waals surface area contributed by atoms with Gasteiger partial charge >= 0.3 is 0 Å². The Hall–Kier alpha value is -1.26. The molecule has 1 aromatic carbocycles. The Morgan fingerprint density at radius 3 is 2.13 bits per heavy atom. The van der Waals surface area contributed by atoms with Crippen LogP contribution in [0.25, 0.3) is 0 Å². The highest BCUT2D eigenvalue weighted by Gasteiger charge is 2.12. The molecule has 0 amide bonds. The highest BCUT2D eigenvalue weighted by atomic mass is 16.7. The van der Waals surface area contributed by atoms with Crippen LogP contribution in [0.15, 0.2) is 18.2 Å². The lowest BCUT2D eigenvalue weighted by atomic mass is 10.2. The predicted molar refractivity (Wildman–Crippen MR) is 55.8 cm³/mol. The molecule has 0 fully saturated rings. The maximum atomic E-state index is 9.32. The SMILES string of the molecule is CCOC(OCC)c1ccc(O)c(O)c1. The van der Waals surface area contributed by atoms with Crippen LogP contribution in [-0.2, 0) is 9.47 Å². The number of aromatic hydroxyl groups is 2. The van der Waals surface area contributed by atoms with Crippen molar-refractivity contribution in [3.8, 4) is 11.5 Å². The van der Waals surface area contributed by atoms with Gasteiger partial charge < -0.3 is 19.7 Å². The number of hydrogen-bond donors (Lipinski definition) is 2. The van der Waals surface area contributed by atoms with Crippen molar-refractivity contribution in [2.45, 2.75) is 20.1 Å². The number of hydrogen-bond acceptors (Lipinski definition) is 4. The summed E-state index contributed by atoms with van der Waals surface area (Å²) in [7, 11) is 0. The molecule has 15 heavy (non-hydrogen) atoms. The Morgan fingerprint density at radius 1 is 1.07 bits per heavy atom. The van der Waals surface area contributed by atoms with Gasteiger partial charge in [0.15, 0.2) is 17.8 Å². The van der Waals surface area contributed by atoms with Gasteiger partial charge in [-0.25, -0.2) is 0 Å². The first-order valence-corrected chi connectivity index (χ1v) is 4.94. The summed E-state index contributed by atoms with van der Waals surface area (Å²) in [6.45, 7) is 4.77. The average Bonchev–Trinajstić information content (AvgIpc) is 2.22. The molecule has 0 radical (unpaired) electrons. The van der Waals surface area contributed by atoms with Crippen LogP contribution in [-0.4, -0.2) is 23.4 Å². The second-order valence-electron chi connectivity index (χ2n) is 2.99. The summed E-state index contributed by atoms with van der Waals surface area (Å²) in [6.07, 6.45) is -0.494. The van der Waals surface area contributed by atoms with E-state index in [-0.39, 0.29) is 11.5 Å². The largest absolute Gasteiger partial charge is 0.504 e. The van der Waals surface area contributed by atoms with Crippen LogP contribution < -0.4 is 0 Å². The van der Waals surface area contributed by atoms with Gasteiger partial charge in [0.25, 0.3) is 0 Å². The molecule has 0 atom stereocenters. The smallest absolute Gasteiger partial charge is 0.183 e. The van der Waals surface area contributed by atoms with Crippen LogP contribution in [0.3, 0.4) is 0 Å². The van der Waals surface area contributed by atoms with Crippen LogP contribution in [0.1, 0.15) is 25.7 Å². The van der Waals surface area contributed by atoms with Crippen molar-refractivity contribution in [3.05, 3.63) is 23.8 Å². The van der Waals surface area contributed by atoms with Crippen molar-refractivity contribution in [3.63, 3.8) is 0 Å². The predicted octanol–water partition coefficient (Wildman–Crippen LogP) is 2.17. The molecular formula is C11H16O4. The molecule has 0 saturated carbocycles. The van der Waals surface area contributed by atoms with E-state index in [1.165, 1.54) is 12.1 Å². The summed E-state index contributed by atoms with van der Waals surface area (Å²) in [4.78, 5) is 0. The van der Waals surface area contributed by atoms with Gasteiger partial charge in [0.1, 0.15) is 0 Å². The minimum Gasteiger partial charge on any atom is -0.504 e. The molecule has 2 N–H and O–H groups in total. The van der Waals surface area contributed by atoms with E-state index < -0.39 is 6.29 Å². The Bertz CT molecular complexity index is 305. The monoisotopic (exact) mass is 212 g/mol. The maximum absolute atomic E-state index is 9.32. The third kappa shape index (κ3) is 3.11. The molecule has 1 rings (SSSR count). The van der Waals surface area contributed by atoms with Crippen molar-refractivity contribution < 1.29 is 19.7 Å². The lowest BCUT2D eigenvalue weighted by Gasteiger charge is -2.17. The van der Waals surface area contributed by atoms with Crippen molar-refractivity contribution in [2.24, 2.45) is 0 Å². The van der Waals surface area contributed by atoms with Gasteiger partial charge in [-0.15, -0.1) is 0 Å². The van der Waals surface area contributed by atoms with Gasteiger partial charge in [-0.1, -0.05) is 6.07 Å². The molecule has 0 heterocycles. The minimum atomic E-state index is -0.494. The van der Waals surface area contributed by atoms with Crippen LogP contribution >= 0.6 is 0 Å². The van der Waals surface area contributed by atoms with E-state index in [0.29, 0.717) is 18.8 Å². The molecule has 0 bridgehead atoms. The van der Waals surface area contributed by atoms with Crippen LogP contribution in [0.4, 0.5) is 0 Å². The van der Waals surface area contributed by atoms with Crippen molar-refractivity contribution in [1.29, 1.82) is 0 Å².